The van der Waals surface area contributed by atoms with Crippen LogP contribution in [0.3, 0.4) is 0 Å². The molecule has 100 valence electrons. The average Bonchev–Trinajstić information content (AvgIpc) is 2.77. The highest BCUT2D eigenvalue weighted by molar-refractivity contribution is 6.58. The third kappa shape index (κ3) is 3.36. The van der Waals surface area contributed by atoms with E-state index in [0.29, 0.717) is 5.56 Å². The largest absolute Gasteiger partial charge is 0.488 e. The number of benzene rings is 1. The summed E-state index contributed by atoms with van der Waals surface area (Å²) >= 11 is 0. The Labute approximate surface area is 107 Å². The molecule has 0 atom stereocenters. The smallest absolute Gasteiger partial charge is 0.423 e. The van der Waals surface area contributed by atoms with Crippen LogP contribution in [-0.4, -0.2) is 26.9 Å². The van der Waals surface area contributed by atoms with Gasteiger partial charge < -0.3 is 10.0 Å². The van der Waals surface area contributed by atoms with Gasteiger partial charge in [-0.2, -0.15) is 18.3 Å². The summed E-state index contributed by atoms with van der Waals surface area (Å²) in [5.74, 6) is 0. The Hall–Kier alpha value is -1.80. The van der Waals surface area contributed by atoms with E-state index in [9.17, 15) is 13.2 Å². The Bertz CT molecular complexity index is 569. The van der Waals surface area contributed by atoms with Gasteiger partial charge >= 0.3 is 13.3 Å². The van der Waals surface area contributed by atoms with Crippen LogP contribution in [0.25, 0.3) is 0 Å². The van der Waals surface area contributed by atoms with E-state index in [2.05, 4.69) is 5.10 Å². The SMILES string of the molecule is OB(O)c1cccc(Cn2ccc(C(F)(F)F)n2)c1. The number of alkyl halides is 3. The zero-order valence-corrected chi connectivity index (χ0v) is 9.67. The topological polar surface area (TPSA) is 58.3 Å². The molecule has 2 N–H and O–H groups in total. The lowest BCUT2D eigenvalue weighted by atomic mass is 9.80. The van der Waals surface area contributed by atoms with Crippen LogP contribution in [-0.2, 0) is 12.7 Å². The predicted molar refractivity (Wildman–Crippen MR) is 62.6 cm³/mol. The van der Waals surface area contributed by atoms with Gasteiger partial charge in [-0.15, -0.1) is 0 Å². The normalized spacial score (nSPS) is 11.6. The van der Waals surface area contributed by atoms with E-state index in [-0.39, 0.29) is 12.0 Å². The maximum absolute atomic E-state index is 12.4. The van der Waals surface area contributed by atoms with Gasteiger partial charge in [-0.25, -0.2) is 0 Å². The summed E-state index contributed by atoms with van der Waals surface area (Å²) in [5.41, 5.74) is -0.0472. The van der Waals surface area contributed by atoms with E-state index in [1.54, 1.807) is 12.1 Å². The highest BCUT2D eigenvalue weighted by atomic mass is 19.4. The molecule has 0 radical (unpaired) electrons. The van der Waals surface area contributed by atoms with Crippen LogP contribution in [0.15, 0.2) is 36.5 Å². The second kappa shape index (κ2) is 5.06. The molecule has 0 spiro atoms. The summed E-state index contributed by atoms with van der Waals surface area (Å²) < 4.78 is 38.2. The predicted octanol–water partition coefficient (Wildman–Crippen LogP) is 0.630. The average molecular weight is 270 g/mol. The van der Waals surface area contributed by atoms with Crippen molar-refractivity contribution < 1.29 is 23.2 Å². The molecular weight excluding hydrogens is 260 g/mol. The molecule has 2 rings (SSSR count). The number of hydrogen-bond acceptors (Lipinski definition) is 3. The minimum atomic E-state index is -4.46. The molecule has 0 fully saturated rings. The minimum Gasteiger partial charge on any atom is -0.423 e. The van der Waals surface area contributed by atoms with Crippen molar-refractivity contribution in [2.45, 2.75) is 12.7 Å². The lowest BCUT2D eigenvalue weighted by Gasteiger charge is -2.05. The zero-order chi connectivity index (χ0) is 14.0. The van der Waals surface area contributed by atoms with E-state index in [1.165, 1.54) is 18.3 Å². The molecule has 0 bridgehead atoms. The van der Waals surface area contributed by atoms with Crippen LogP contribution >= 0.6 is 0 Å². The fraction of sp³-hybridized carbons (Fsp3) is 0.182. The fourth-order valence-corrected chi connectivity index (χ4v) is 1.64. The first-order valence-electron chi connectivity index (χ1n) is 5.42. The van der Waals surface area contributed by atoms with Gasteiger partial charge in [-0.05, 0) is 17.1 Å². The quantitative estimate of drug-likeness (QED) is 0.804. The molecular formula is C11H10BF3N2O2. The van der Waals surface area contributed by atoms with Gasteiger partial charge in [-0.3, -0.25) is 4.68 Å². The lowest BCUT2D eigenvalue weighted by Crippen LogP contribution is -2.30. The summed E-state index contributed by atoms with van der Waals surface area (Å²) in [6.07, 6.45) is -3.24. The first-order valence-corrected chi connectivity index (χ1v) is 5.42. The molecule has 2 aromatic rings. The highest BCUT2D eigenvalue weighted by Gasteiger charge is 2.33. The first kappa shape index (κ1) is 13.6. The Morgan fingerprint density at radius 3 is 2.53 bits per heavy atom. The fourth-order valence-electron chi connectivity index (χ4n) is 1.64. The molecule has 0 aliphatic carbocycles. The molecule has 19 heavy (non-hydrogen) atoms. The van der Waals surface area contributed by atoms with Crippen molar-refractivity contribution in [2.75, 3.05) is 0 Å². The van der Waals surface area contributed by atoms with Crippen LogP contribution in [0.2, 0.25) is 0 Å². The lowest BCUT2D eigenvalue weighted by molar-refractivity contribution is -0.141. The third-order valence-corrected chi connectivity index (χ3v) is 2.52. The molecule has 1 aromatic heterocycles. The van der Waals surface area contributed by atoms with Crippen LogP contribution in [0.4, 0.5) is 13.2 Å². The maximum atomic E-state index is 12.4. The Balaban J connectivity index is 2.17. The summed E-state index contributed by atoms with van der Waals surface area (Å²) in [6.45, 7) is 0.122. The maximum Gasteiger partial charge on any atom is 0.488 e. The summed E-state index contributed by atoms with van der Waals surface area (Å²) in [4.78, 5) is 0. The van der Waals surface area contributed by atoms with Crippen molar-refractivity contribution >= 4 is 12.6 Å². The van der Waals surface area contributed by atoms with Gasteiger partial charge in [0, 0.05) is 6.20 Å². The first-order chi connectivity index (χ1) is 8.86. The van der Waals surface area contributed by atoms with Crippen molar-refractivity contribution in [3.05, 3.63) is 47.8 Å². The van der Waals surface area contributed by atoms with Crippen molar-refractivity contribution in [2.24, 2.45) is 0 Å². The monoisotopic (exact) mass is 270 g/mol. The van der Waals surface area contributed by atoms with E-state index in [1.807, 2.05) is 0 Å². The van der Waals surface area contributed by atoms with Gasteiger partial charge in [0.15, 0.2) is 5.69 Å². The van der Waals surface area contributed by atoms with E-state index in [4.69, 9.17) is 10.0 Å². The van der Waals surface area contributed by atoms with Gasteiger partial charge in [0.2, 0.25) is 0 Å². The van der Waals surface area contributed by atoms with E-state index in [0.717, 1.165) is 10.7 Å². The van der Waals surface area contributed by atoms with Crippen LogP contribution in [0, 0.1) is 0 Å². The molecule has 0 saturated heterocycles. The standard InChI is InChI=1S/C11H10BF3N2O2/c13-11(14,15)10-4-5-17(16-10)7-8-2-1-3-9(6-8)12(18)19/h1-6,18-19H,7H2. The number of nitrogens with zero attached hydrogens (tertiary/aromatic N) is 2. The Morgan fingerprint density at radius 2 is 1.95 bits per heavy atom. The van der Waals surface area contributed by atoms with Crippen molar-refractivity contribution in [1.29, 1.82) is 0 Å². The molecule has 4 nitrogen and oxygen atoms in total. The number of aromatic nitrogens is 2. The molecule has 0 aliphatic heterocycles. The summed E-state index contributed by atoms with van der Waals surface area (Å²) in [5, 5.41) is 21.4. The highest BCUT2D eigenvalue weighted by Crippen LogP contribution is 2.27. The van der Waals surface area contributed by atoms with E-state index >= 15 is 0 Å². The van der Waals surface area contributed by atoms with Crippen LogP contribution in [0.5, 0.6) is 0 Å². The Kier molecular flexibility index (Phi) is 3.63. The zero-order valence-electron chi connectivity index (χ0n) is 9.67. The summed E-state index contributed by atoms with van der Waals surface area (Å²) in [6, 6.07) is 7.17. The van der Waals surface area contributed by atoms with E-state index < -0.39 is 19.0 Å². The second-order valence-corrected chi connectivity index (χ2v) is 4.02. The molecule has 0 saturated carbocycles. The molecule has 0 aliphatic rings. The second-order valence-electron chi connectivity index (χ2n) is 4.02. The van der Waals surface area contributed by atoms with Crippen molar-refractivity contribution in [1.82, 2.24) is 9.78 Å². The molecule has 0 amide bonds. The number of hydrogen-bond donors (Lipinski definition) is 2. The molecule has 1 aromatic carbocycles. The van der Waals surface area contributed by atoms with Gasteiger partial charge in [0.05, 0.1) is 6.54 Å². The van der Waals surface area contributed by atoms with Crippen LogP contribution < -0.4 is 5.46 Å². The van der Waals surface area contributed by atoms with Gasteiger partial charge in [-0.1, -0.05) is 24.3 Å². The summed E-state index contributed by atoms with van der Waals surface area (Å²) in [7, 11) is -1.61. The van der Waals surface area contributed by atoms with Gasteiger partial charge in [0.1, 0.15) is 0 Å². The van der Waals surface area contributed by atoms with Crippen LogP contribution in [0.1, 0.15) is 11.3 Å². The number of halogens is 3. The van der Waals surface area contributed by atoms with Crippen molar-refractivity contribution in [3.8, 4) is 0 Å². The molecule has 0 unspecified atom stereocenters. The van der Waals surface area contributed by atoms with Crippen molar-refractivity contribution in [3.63, 3.8) is 0 Å². The minimum absolute atomic E-state index is 0.122. The molecule has 1 heterocycles. The van der Waals surface area contributed by atoms with Gasteiger partial charge in [0.25, 0.3) is 0 Å². The number of rotatable bonds is 3. The molecule has 8 heteroatoms. The third-order valence-electron chi connectivity index (χ3n) is 2.52. The Morgan fingerprint density at radius 1 is 1.21 bits per heavy atom.